The van der Waals surface area contributed by atoms with Crippen LogP contribution in [0.5, 0.6) is 0 Å². The Morgan fingerprint density at radius 1 is 0.963 bits per heavy atom. The lowest BCUT2D eigenvalue weighted by Gasteiger charge is -2.24. The second-order valence-corrected chi connectivity index (χ2v) is 6.07. The average Bonchev–Trinajstić information content (AvgIpc) is 2.70. The first-order valence-electron chi connectivity index (χ1n) is 9.09. The van der Waals surface area contributed by atoms with Crippen molar-refractivity contribution < 1.29 is 19.4 Å². The highest BCUT2D eigenvalue weighted by Crippen LogP contribution is 2.19. The number of hydrogen-bond acceptors (Lipinski definition) is 4. The Labute approximate surface area is 160 Å². The number of anilines is 1. The van der Waals surface area contributed by atoms with E-state index in [2.05, 4.69) is 18.7 Å². The Morgan fingerprint density at radius 2 is 1.59 bits per heavy atom. The summed E-state index contributed by atoms with van der Waals surface area (Å²) >= 11 is 0. The van der Waals surface area contributed by atoms with Crippen LogP contribution in [0.1, 0.15) is 29.8 Å². The van der Waals surface area contributed by atoms with Crippen LogP contribution in [-0.4, -0.2) is 48.3 Å². The maximum absolute atomic E-state index is 12.7. The van der Waals surface area contributed by atoms with Gasteiger partial charge in [-0.2, -0.15) is 0 Å². The molecular formula is C21H26N2O4. The first kappa shape index (κ1) is 20.5. The van der Waals surface area contributed by atoms with Gasteiger partial charge in [0.1, 0.15) is 6.61 Å². The molecule has 27 heavy (non-hydrogen) atoms. The lowest BCUT2D eigenvalue weighted by Crippen LogP contribution is -2.34. The second-order valence-electron chi connectivity index (χ2n) is 6.07. The molecule has 2 aromatic carbocycles. The van der Waals surface area contributed by atoms with E-state index < -0.39 is 12.1 Å². The van der Waals surface area contributed by atoms with Crippen molar-refractivity contribution in [2.75, 3.05) is 31.1 Å². The lowest BCUT2D eigenvalue weighted by atomic mass is 10.1. The van der Waals surface area contributed by atoms with Gasteiger partial charge in [-0.05, 0) is 42.9 Å². The molecule has 2 aromatic rings. The molecule has 0 heterocycles. The average molecular weight is 370 g/mol. The maximum Gasteiger partial charge on any atom is 0.414 e. The summed E-state index contributed by atoms with van der Waals surface area (Å²) in [6.07, 6.45) is -0.450. The molecule has 6 heteroatoms. The van der Waals surface area contributed by atoms with Crippen LogP contribution in [0.4, 0.5) is 10.5 Å². The molecule has 144 valence electrons. The van der Waals surface area contributed by atoms with Crippen LogP contribution in [-0.2, 0) is 11.3 Å². The van der Waals surface area contributed by atoms with Gasteiger partial charge in [0.25, 0.3) is 0 Å². The van der Waals surface area contributed by atoms with Gasteiger partial charge in [0.05, 0.1) is 12.1 Å². The molecule has 2 rings (SSSR count). The Balaban J connectivity index is 2.13. The smallest absolute Gasteiger partial charge is 0.414 e. The number of carbonyl (C=O) groups is 2. The molecule has 0 spiro atoms. The third-order valence-corrected chi connectivity index (χ3v) is 4.36. The summed E-state index contributed by atoms with van der Waals surface area (Å²) in [7, 11) is 0. The van der Waals surface area contributed by atoms with Crippen LogP contribution in [0, 0.1) is 0 Å². The number of nitrogens with zero attached hydrogens (tertiary/aromatic N) is 2. The second kappa shape index (κ2) is 10.3. The van der Waals surface area contributed by atoms with Crippen molar-refractivity contribution in [3.8, 4) is 0 Å². The standard InChI is InChI=1S/C21H26N2O4/c1-3-22(4-2)14-15-27-21(26)23(16-17-8-6-5-7-9-17)19-12-10-18(11-13-19)20(24)25/h5-13H,3-4,14-16H2,1-2H3,(H,24,25). The molecule has 0 aliphatic heterocycles. The highest BCUT2D eigenvalue weighted by Gasteiger charge is 2.18. The number of carboxylic acids is 1. The molecule has 0 fully saturated rings. The largest absolute Gasteiger partial charge is 0.478 e. The zero-order valence-corrected chi connectivity index (χ0v) is 15.8. The van der Waals surface area contributed by atoms with Crippen LogP contribution >= 0.6 is 0 Å². The lowest BCUT2D eigenvalue weighted by molar-refractivity contribution is 0.0697. The third kappa shape index (κ3) is 6.11. The molecule has 6 nitrogen and oxygen atoms in total. The summed E-state index contributed by atoms with van der Waals surface area (Å²) in [5.74, 6) is -1.00. The minimum absolute atomic E-state index is 0.174. The SMILES string of the molecule is CCN(CC)CCOC(=O)N(Cc1ccccc1)c1ccc(C(=O)O)cc1. The number of carboxylic acid groups (broad SMARTS) is 1. The highest BCUT2D eigenvalue weighted by molar-refractivity contribution is 5.90. The zero-order chi connectivity index (χ0) is 19.6. The van der Waals surface area contributed by atoms with Gasteiger partial charge in [-0.15, -0.1) is 0 Å². The van der Waals surface area contributed by atoms with Crippen molar-refractivity contribution >= 4 is 17.7 Å². The Bertz CT molecular complexity index is 728. The predicted molar refractivity (Wildman–Crippen MR) is 105 cm³/mol. The van der Waals surface area contributed by atoms with E-state index in [4.69, 9.17) is 9.84 Å². The molecule has 0 aromatic heterocycles. The van der Waals surface area contributed by atoms with E-state index in [1.54, 1.807) is 12.1 Å². The van der Waals surface area contributed by atoms with E-state index in [0.29, 0.717) is 25.4 Å². The zero-order valence-electron chi connectivity index (χ0n) is 15.8. The molecule has 0 saturated heterocycles. The molecule has 0 radical (unpaired) electrons. The summed E-state index contributed by atoms with van der Waals surface area (Å²) in [5, 5.41) is 9.06. The number of rotatable bonds is 9. The van der Waals surface area contributed by atoms with Crippen molar-refractivity contribution in [1.29, 1.82) is 0 Å². The van der Waals surface area contributed by atoms with Crippen LogP contribution in [0.2, 0.25) is 0 Å². The molecule has 1 amide bonds. The van der Waals surface area contributed by atoms with Gasteiger partial charge in [0, 0.05) is 12.2 Å². The molecule has 0 unspecified atom stereocenters. The first-order chi connectivity index (χ1) is 13.0. The van der Waals surface area contributed by atoms with Crippen LogP contribution in [0.25, 0.3) is 0 Å². The Morgan fingerprint density at radius 3 is 2.15 bits per heavy atom. The Kier molecular flexibility index (Phi) is 7.82. The number of carbonyl (C=O) groups excluding carboxylic acids is 1. The summed E-state index contributed by atoms with van der Waals surface area (Å²) in [4.78, 5) is 27.4. The maximum atomic E-state index is 12.7. The van der Waals surface area contributed by atoms with Gasteiger partial charge in [-0.1, -0.05) is 44.2 Å². The fourth-order valence-corrected chi connectivity index (χ4v) is 2.69. The molecule has 0 bridgehead atoms. The number of aromatic carboxylic acids is 1. The number of likely N-dealkylation sites (N-methyl/N-ethyl adjacent to an activating group) is 1. The molecule has 0 aliphatic rings. The quantitative estimate of drug-likeness (QED) is 0.726. The molecule has 1 N–H and O–H groups in total. The molecule has 0 atom stereocenters. The normalized spacial score (nSPS) is 10.6. The van der Waals surface area contributed by atoms with Crippen molar-refractivity contribution in [2.24, 2.45) is 0 Å². The van der Waals surface area contributed by atoms with Crippen LogP contribution in [0.3, 0.4) is 0 Å². The third-order valence-electron chi connectivity index (χ3n) is 4.36. The van der Waals surface area contributed by atoms with Gasteiger partial charge >= 0.3 is 12.1 Å². The number of amides is 1. The number of ether oxygens (including phenoxy) is 1. The predicted octanol–water partition coefficient (Wildman–Crippen LogP) is 3.87. The van der Waals surface area contributed by atoms with Crippen molar-refractivity contribution in [3.63, 3.8) is 0 Å². The van der Waals surface area contributed by atoms with Crippen molar-refractivity contribution in [2.45, 2.75) is 20.4 Å². The number of benzene rings is 2. The van der Waals surface area contributed by atoms with E-state index in [1.807, 2.05) is 30.3 Å². The minimum Gasteiger partial charge on any atom is -0.478 e. The van der Waals surface area contributed by atoms with E-state index in [9.17, 15) is 9.59 Å². The van der Waals surface area contributed by atoms with Crippen LogP contribution in [0.15, 0.2) is 54.6 Å². The van der Waals surface area contributed by atoms with Gasteiger partial charge in [-0.25, -0.2) is 9.59 Å². The monoisotopic (exact) mass is 370 g/mol. The van der Waals surface area contributed by atoms with E-state index in [0.717, 1.165) is 18.7 Å². The van der Waals surface area contributed by atoms with Crippen molar-refractivity contribution in [1.82, 2.24) is 4.90 Å². The summed E-state index contributed by atoms with van der Waals surface area (Å²) < 4.78 is 5.47. The van der Waals surface area contributed by atoms with Gasteiger partial charge in [-0.3, -0.25) is 4.90 Å². The summed E-state index contributed by atoms with van der Waals surface area (Å²) in [6.45, 7) is 7.26. The summed E-state index contributed by atoms with van der Waals surface area (Å²) in [6, 6.07) is 15.8. The molecular weight excluding hydrogens is 344 g/mol. The molecule has 0 aliphatic carbocycles. The highest BCUT2D eigenvalue weighted by atomic mass is 16.6. The topological polar surface area (TPSA) is 70.1 Å². The molecule has 0 saturated carbocycles. The first-order valence-corrected chi connectivity index (χ1v) is 9.09. The van der Waals surface area contributed by atoms with Gasteiger partial charge < -0.3 is 14.7 Å². The van der Waals surface area contributed by atoms with Gasteiger partial charge in [0.2, 0.25) is 0 Å². The minimum atomic E-state index is -1.00. The van der Waals surface area contributed by atoms with E-state index in [1.165, 1.54) is 17.0 Å². The fraction of sp³-hybridized carbons (Fsp3) is 0.333. The van der Waals surface area contributed by atoms with E-state index >= 15 is 0 Å². The summed E-state index contributed by atoms with van der Waals surface area (Å²) in [5.41, 5.74) is 1.73. The van der Waals surface area contributed by atoms with Gasteiger partial charge in [0.15, 0.2) is 0 Å². The number of hydrogen-bond donors (Lipinski definition) is 1. The fourth-order valence-electron chi connectivity index (χ4n) is 2.69. The Hall–Kier alpha value is -2.86. The van der Waals surface area contributed by atoms with E-state index in [-0.39, 0.29) is 5.56 Å². The van der Waals surface area contributed by atoms with Crippen LogP contribution < -0.4 is 4.90 Å². The van der Waals surface area contributed by atoms with Crippen molar-refractivity contribution in [3.05, 3.63) is 65.7 Å².